The highest BCUT2D eigenvalue weighted by atomic mass is 16.6. The minimum absolute atomic E-state index is 0.105. The second-order valence-electron chi connectivity index (χ2n) is 14.6. The fourth-order valence-electron chi connectivity index (χ4n) is 5.92. The maximum Gasteiger partial charge on any atom is 0.306 e. The fourth-order valence-corrected chi connectivity index (χ4v) is 5.92. The van der Waals surface area contributed by atoms with E-state index in [1.54, 1.807) is 0 Å². The van der Waals surface area contributed by atoms with Crippen LogP contribution in [0.1, 0.15) is 207 Å². The van der Waals surface area contributed by atoms with E-state index in [9.17, 15) is 14.4 Å². The number of allylic oxidation sites excluding steroid dienone is 10. The zero-order chi connectivity index (χ0) is 39.4. The summed E-state index contributed by atoms with van der Waals surface area (Å²) in [6.07, 6.45) is 50.7. The SMILES string of the molecule is CC/C=C\C/C=C\C/C=C\C/C=C\CCC(=O)OC(COC(=O)CCCCCCC/C=C\CCCCCCC)COC(=O)CCCCCCCCCCC. The van der Waals surface area contributed by atoms with Gasteiger partial charge < -0.3 is 14.2 Å². The summed E-state index contributed by atoms with van der Waals surface area (Å²) in [5.74, 6) is -1.00. The van der Waals surface area contributed by atoms with Crippen LogP contribution >= 0.6 is 0 Å². The van der Waals surface area contributed by atoms with Crippen LogP contribution in [-0.4, -0.2) is 37.2 Å². The van der Waals surface area contributed by atoms with Crippen molar-refractivity contribution in [3.8, 4) is 0 Å². The molecule has 6 nitrogen and oxygen atoms in total. The van der Waals surface area contributed by atoms with Crippen LogP contribution in [0.15, 0.2) is 60.8 Å². The molecule has 0 spiro atoms. The van der Waals surface area contributed by atoms with Gasteiger partial charge in [-0.3, -0.25) is 14.4 Å². The van der Waals surface area contributed by atoms with Crippen LogP contribution in [0.3, 0.4) is 0 Å². The Bertz CT molecular complexity index is 1010. The number of carbonyl (C=O) groups excluding carboxylic acids is 3. The molecule has 0 saturated carbocycles. The van der Waals surface area contributed by atoms with Crippen molar-refractivity contribution in [3.63, 3.8) is 0 Å². The van der Waals surface area contributed by atoms with E-state index in [0.717, 1.165) is 70.6 Å². The van der Waals surface area contributed by atoms with Gasteiger partial charge in [0.1, 0.15) is 13.2 Å². The van der Waals surface area contributed by atoms with Crippen molar-refractivity contribution < 1.29 is 28.6 Å². The van der Waals surface area contributed by atoms with Crippen molar-refractivity contribution in [1.82, 2.24) is 0 Å². The van der Waals surface area contributed by atoms with Gasteiger partial charge in [-0.15, -0.1) is 0 Å². The highest BCUT2D eigenvalue weighted by molar-refractivity contribution is 5.71. The molecule has 0 saturated heterocycles. The van der Waals surface area contributed by atoms with Crippen molar-refractivity contribution in [3.05, 3.63) is 60.8 Å². The van der Waals surface area contributed by atoms with E-state index in [2.05, 4.69) is 69.4 Å². The zero-order valence-electron chi connectivity index (χ0n) is 35.2. The minimum Gasteiger partial charge on any atom is -0.462 e. The number of unbranched alkanes of at least 4 members (excludes halogenated alkanes) is 18. The Morgan fingerprint density at radius 3 is 1.20 bits per heavy atom. The van der Waals surface area contributed by atoms with Crippen molar-refractivity contribution in [2.24, 2.45) is 0 Å². The largest absolute Gasteiger partial charge is 0.462 e. The van der Waals surface area contributed by atoms with Gasteiger partial charge in [-0.05, 0) is 70.6 Å². The third-order valence-corrected chi connectivity index (χ3v) is 9.27. The van der Waals surface area contributed by atoms with Gasteiger partial charge in [-0.1, -0.05) is 178 Å². The van der Waals surface area contributed by atoms with Crippen LogP contribution in [0.25, 0.3) is 0 Å². The molecule has 0 heterocycles. The zero-order valence-corrected chi connectivity index (χ0v) is 35.2. The molecule has 0 radical (unpaired) electrons. The number of carbonyl (C=O) groups is 3. The Labute approximate surface area is 332 Å². The molecule has 0 amide bonds. The Hall–Kier alpha value is -2.89. The predicted octanol–water partition coefficient (Wildman–Crippen LogP) is 14.1. The molecular formula is C48H82O6. The molecular weight excluding hydrogens is 673 g/mol. The van der Waals surface area contributed by atoms with E-state index in [1.807, 2.05) is 12.2 Å². The standard InChI is InChI=1S/C48H82O6/c1-4-7-10-13-16-19-21-23-25-26-29-32-35-38-41-47(50)53-44-45(43-52-46(49)40-37-34-31-28-18-15-12-9-6-3)54-48(51)42-39-36-33-30-27-24-22-20-17-14-11-8-5-2/h8,11,17,20-21,23-24,27,33,36,45H,4-7,9-10,12-16,18-19,22,25-26,28-32,34-35,37-44H2,1-3H3/b11-8-,20-17-,23-21-,27-24-,36-33-. The summed E-state index contributed by atoms with van der Waals surface area (Å²) in [7, 11) is 0. The highest BCUT2D eigenvalue weighted by Crippen LogP contribution is 2.13. The highest BCUT2D eigenvalue weighted by Gasteiger charge is 2.19. The Morgan fingerprint density at radius 1 is 0.389 bits per heavy atom. The first-order valence-corrected chi connectivity index (χ1v) is 22.3. The van der Waals surface area contributed by atoms with Gasteiger partial charge in [0.25, 0.3) is 0 Å². The molecule has 0 rings (SSSR count). The van der Waals surface area contributed by atoms with Gasteiger partial charge in [0.05, 0.1) is 0 Å². The molecule has 0 aliphatic heterocycles. The molecule has 0 aliphatic carbocycles. The van der Waals surface area contributed by atoms with Crippen LogP contribution < -0.4 is 0 Å². The van der Waals surface area contributed by atoms with E-state index in [1.165, 1.54) is 89.9 Å². The average molecular weight is 755 g/mol. The third kappa shape index (κ3) is 40.3. The molecule has 310 valence electrons. The topological polar surface area (TPSA) is 78.9 Å². The number of hydrogen-bond donors (Lipinski definition) is 0. The van der Waals surface area contributed by atoms with Crippen molar-refractivity contribution in [1.29, 1.82) is 0 Å². The van der Waals surface area contributed by atoms with Crippen molar-refractivity contribution in [2.45, 2.75) is 213 Å². The molecule has 0 aromatic heterocycles. The average Bonchev–Trinajstić information content (AvgIpc) is 3.17. The lowest BCUT2D eigenvalue weighted by atomic mass is 10.1. The number of rotatable bonds is 39. The predicted molar refractivity (Wildman–Crippen MR) is 228 cm³/mol. The maximum absolute atomic E-state index is 12.7. The van der Waals surface area contributed by atoms with Crippen LogP contribution in [0.4, 0.5) is 0 Å². The summed E-state index contributed by atoms with van der Waals surface area (Å²) >= 11 is 0. The fraction of sp³-hybridized carbons (Fsp3) is 0.729. The Balaban J connectivity index is 4.47. The quantitative estimate of drug-likeness (QED) is 0.0269. The molecule has 6 heteroatoms. The third-order valence-electron chi connectivity index (χ3n) is 9.27. The molecule has 54 heavy (non-hydrogen) atoms. The van der Waals surface area contributed by atoms with Crippen molar-refractivity contribution in [2.75, 3.05) is 13.2 Å². The summed E-state index contributed by atoms with van der Waals surface area (Å²) in [4.78, 5) is 37.6. The van der Waals surface area contributed by atoms with E-state index in [-0.39, 0.29) is 31.6 Å². The summed E-state index contributed by atoms with van der Waals surface area (Å²) < 4.78 is 16.6. The lowest BCUT2D eigenvalue weighted by Crippen LogP contribution is -2.30. The molecule has 0 N–H and O–H groups in total. The lowest BCUT2D eigenvalue weighted by Gasteiger charge is -2.18. The van der Waals surface area contributed by atoms with Gasteiger partial charge in [0.2, 0.25) is 0 Å². The van der Waals surface area contributed by atoms with Crippen molar-refractivity contribution >= 4 is 17.9 Å². The van der Waals surface area contributed by atoms with Crippen LogP contribution in [0.5, 0.6) is 0 Å². The summed E-state index contributed by atoms with van der Waals surface area (Å²) in [6, 6.07) is 0. The van der Waals surface area contributed by atoms with Crippen LogP contribution in [0.2, 0.25) is 0 Å². The summed E-state index contributed by atoms with van der Waals surface area (Å²) in [5, 5.41) is 0. The van der Waals surface area contributed by atoms with Gasteiger partial charge in [0, 0.05) is 19.3 Å². The molecule has 0 aromatic carbocycles. The smallest absolute Gasteiger partial charge is 0.306 e. The maximum atomic E-state index is 12.7. The lowest BCUT2D eigenvalue weighted by molar-refractivity contribution is -0.166. The first kappa shape index (κ1) is 51.1. The van der Waals surface area contributed by atoms with Gasteiger partial charge in [-0.2, -0.15) is 0 Å². The van der Waals surface area contributed by atoms with Crippen LogP contribution in [0, 0.1) is 0 Å². The van der Waals surface area contributed by atoms with Gasteiger partial charge in [0.15, 0.2) is 6.10 Å². The van der Waals surface area contributed by atoms with E-state index in [0.29, 0.717) is 19.3 Å². The first-order chi connectivity index (χ1) is 26.5. The Kier molecular flexibility index (Phi) is 40.6. The van der Waals surface area contributed by atoms with Gasteiger partial charge in [-0.25, -0.2) is 0 Å². The first-order valence-electron chi connectivity index (χ1n) is 22.3. The van der Waals surface area contributed by atoms with E-state index in [4.69, 9.17) is 14.2 Å². The normalized spacial score (nSPS) is 12.6. The molecule has 1 atom stereocenters. The second kappa shape index (κ2) is 42.8. The summed E-state index contributed by atoms with van der Waals surface area (Å²) in [5.41, 5.74) is 0. The van der Waals surface area contributed by atoms with Crippen LogP contribution in [-0.2, 0) is 28.6 Å². The number of ether oxygens (including phenoxy) is 3. The molecule has 1 unspecified atom stereocenters. The number of hydrogen-bond acceptors (Lipinski definition) is 6. The second-order valence-corrected chi connectivity index (χ2v) is 14.6. The van der Waals surface area contributed by atoms with Gasteiger partial charge >= 0.3 is 17.9 Å². The van der Waals surface area contributed by atoms with E-state index >= 15 is 0 Å². The monoisotopic (exact) mass is 755 g/mol. The summed E-state index contributed by atoms with van der Waals surface area (Å²) in [6.45, 7) is 6.40. The molecule has 0 fully saturated rings. The molecule has 0 aliphatic rings. The Morgan fingerprint density at radius 2 is 0.759 bits per heavy atom. The van der Waals surface area contributed by atoms with E-state index < -0.39 is 12.1 Å². The molecule has 0 bridgehead atoms. The minimum atomic E-state index is -0.810. The molecule has 0 aromatic rings. The number of esters is 3.